The second-order valence-electron chi connectivity index (χ2n) is 4.45. The van der Waals surface area contributed by atoms with Gasteiger partial charge in [0, 0.05) is 18.1 Å². The van der Waals surface area contributed by atoms with E-state index in [0.717, 1.165) is 6.08 Å². The Kier molecular flexibility index (Phi) is 9.30. The van der Waals surface area contributed by atoms with Crippen LogP contribution in [0.15, 0.2) is 24.8 Å². The highest BCUT2D eigenvalue weighted by Crippen LogP contribution is 2.14. The van der Waals surface area contributed by atoms with Gasteiger partial charge in [-0.15, -0.1) is 0 Å². The van der Waals surface area contributed by atoms with Gasteiger partial charge in [0.25, 0.3) is 0 Å². The van der Waals surface area contributed by atoms with Crippen LogP contribution in [0.3, 0.4) is 0 Å². The Labute approximate surface area is 137 Å². The zero-order valence-electron chi connectivity index (χ0n) is 12.9. The third kappa shape index (κ3) is 9.82. The summed E-state index contributed by atoms with van der Waals surface area (Å²) < 4.78 is 18.0. The van der Waals surface area contributed by atoms with Crippen molar-refractivity contribution in [2.24, 2.45) is 0 Å². The Morgan fingerprint density at radius 3 is 1.92 bits per heavy atom. The van der Waals surface area contributed by atoms with E-state index in [1.807, 2.05) is 0 Å². The van der Waals surface area contributed by atoms with Gasteiger partial charge in [-0.05, 0) is 6.92 Å². The maximum atomic E-state index is 10.4. The summed E-state index contributed by atoms with van der Waals surface area (Å²) in [7, 11) is 0. The van der Waals surface area contributed by atoms with Crippen LogP contribution < -0.4 is 0 Å². The van der Waals surface area contributed by atoms with Gasteiger partial charge in [-0.25, -0.2) is 19.2 Å². The van der Waals surface area contributed by atoms with E-state index in [0.29, 0.717) is 6.61 Å². The van der Waals surface area contributed by atoms with E-state index in [2.05, 4.69) is 32.1 Å². The molecule has 134 valence electrons. The van der Waals surface area contributed by atoms with Crippen molar-refractivity contribution in [2.75, 3.05) is 13.2 Å². The molecule has 10 heteroatoms. The zero-order chi connectivity index (χ0) is 18.7. The molecule has 0 amide bonds. The highest BCUT2D eigenvalue weighted by molar-refractivity contribution is 5.85. The second kappa shape index (κ2) is 10.6. The monoisotopic (exact) mass is 346 g/mol. The molecule has 0 aromatic rings. The number of carboxylic acid groups (broad SMARTS) is 2. The average Bonchev–Trinajstić information content (AvgIpc) is 3.08. The van der Waals surface area contributed by atoms with Crippen LogP contribution in [0.5, 0.6) is 0 Å². The molecule has 2 N–H and O–H groups in total. The normalized spacial score (nSPS) is 20.5. The van der Waals surface area contributed by atoms with Gasteiger partial charge in [0.1, 0.15) is 25.4 Å². The molecular weight excluding hydrogens is 328 g/mol. The van der Waals surface area contributed by atoms with E-state index in [1.165, 1.54) is 0 Å². The summed E-state index contributed by atoms with van der Waals surface area (Å²) in [6.07, 6.45) is -0.902. The number of carbonyl (C=O) groups excluding carboxylic acids is 2. The van der Waals surface area contributed by atoms with Gasteiger partial charge in [0.2, 0.25) is 0 Å². The molecule has 2 aliphatic rings. The van der Waals surface area contributed by atoms with Crippen LogP contribution in [0.25, 0.3) is 0 Å². The molecule has 2 rings (SSSR count). The molecule has 2 heterocycles. The summed E-state index contributed by atoms with van der Waals surface area (Å²) in [5, 5.41) is 16.0. The molecular formula is C14H18O10. The van der Waals surface area contributed by atoms with Gasteiger partial charge in [0.15, 0.2) is 0 Å². The predicted octanol–water partition coefficient (Wildman–Crippen LogP) is 1.35. The van der Waals surface area contributed by atoms with Crippen LogP contribution in [-0.2, 0) is 28.5 Å². The fourth-order valence-electron chi connectivity index (χ4n) is 1.25. The van der Waals surface area contributed by atoms with Crippen LogP contribution in [0.1, 0.15) is 13.3 Å². The third-order valence-corrected chi connectivity index (χ3v) is 2.33. The average molecular weight is 346 g/mol. The zero-order valence-corrected chi connectivity index (χ0v) is 12.9. The lowest BCUT2D eigenvalue weighted by atomic mass is 10.1. The first kappa shape index (κ1) is 21.0. The minimum Gasteiger partial charge on any atom is -0.478 e. The van der Waals surface area contributed by atoms with Crippen LogP contribution in [0.4, 0.5) is 9.59 Å². The highest BCUT2D eigenvalue weighted by atomic mass is 16.8. The smallest absolute Gasteiger partial charge is 0.478 e. The molecule has 0 radical (unpaired) electrons. The Balaban J connectivity index is 0.000000373. The SMILES string of the molecule is C=C(CC1COC(=O)O1)C(=O)O.C=CC(=O)O.CC1COC(=O)O1. The van der Waals surface area contributed by atoms with E-state index in [-0.39, 0.29) is 24.7 Å². The van der Waals surface area contributed by atoms with Crippen molar-refractivity contribution < 1.29 is 48.3 Å². The van der Waals surface area contributed by atoms with Gasteiger partial charge in [-0.3, -0.25) is 0 Å². The molecule has 2 aliphatic heterocycles. The molecule has 24 heavy (non-hydrogen) atoms. The first-order valence-electron chi connectivity index (χ1n) is 6.59. The number of hydrogen-bond donors (Lipinski definition) is 2. The molecule has 2 unspecified atom stereocenters. The standard InChI is InChI=1S/C7H8O5.C4H6O3.C3H4O2/c1-4(6(8)9)2-5-3-11-7(10)12-5;1-3-2-6-4(5)7-3;1-2-3(4)5/h5H,1-3H2,(H,8,9);3H,2H2,1H3;2H,1H2,(H,4,5). The van der Waals surface area contributed by atoms with Crippen molar-refractivity contribution in [3.8, 4) is 0 Å². The maximum Gasteiger partial charge on any atom is 0.508 e. The Morgan fingerprint density at radius 2 is 1.67 bits per heavy atom. The van der Waals surface area contributed by atoms with Gasteiger partial charge < -0.3 is 29.2 Å². The minimum absolute atomic E-state index is 0.0123. The summed E-state index contributed by atoms with van der Waals surface area (Å²) in [4.78, 5) is 39.9. The minimum atomic E-state index is -1.09. The lowest BCUT2D eigenvalue weighted by Gasteiger charge is -2.04. The largest absolute Gasteiger partial charge is 0.508 e. The summed E-state index contributed by atoms with van der Waals surface area (Å²) in [6, 6.07) is 0. The first-order chi connectivity index (χ1) is 11.1. The van der Waals surface area contributed by atoms with Gasteiger partial charge in [-0.2, -0.15) is 0 Å². The summed E-state index contributed by atoms with van der Waals surface area (Å²) in [5.41, 5.74) is 0.0123. The number of aliphatic carboxylic acids is 2. The summed E-state index contributed by atoms with van der Waals surface area (Å²) in [5.74, 6) is -2.07. The van der Waals surface area contributed by atoms with E-state index in [9.17, 15) is 19.2 Å². The maximum absolute atomic E-state index is 10.4. The molecule has 10 nitrogen and oxygen atoms in total. The molecule has 0 aliphatic carbocycles. The number of carbonyl (C=O) groups is 4. The molecule has 0 aromatic carbocycles. The molecule has 0 bridgehead atoms. The van der Waals surface area contributed by atoms with Crippen molar-refractivity contribution in [3.05, 3.63) is 24.8 Å². The lowest BCUT2D eigenvalue weighted by molar-refractivity contribution is -0.133. The molecule has 2 fully saturated rings. The van der Waals surface area contributed by atoms with Crippen LogP contribution in [-0.4, -0.2) is 59.9 Å². The van der Waals surface area contributed by atoms with Gasteiger partial charge in [0.05, 0.1) is 0 Å². The summed E-state index contributed by atoms with van der Waals surface area (Å²) >= 11 is 0. The third-order valence-electron chi connectivity index (χ3n) is 2.33. The predicted molar refractivity (Wildman–Crippen MR) is 77.3 cm³/mol. The quantitative estimate of drug-likeness (QED) is 0.565. The van der Waals surface area contributed by atoms with Crippen molar-refractivity contribution in [1.29, 1.82) is 0 Å². The van der Waals surface area contributed by atoms with E-state index in [4.69, 9.17) is 10.2 Å². The highest BCUT2D eigenvalue weighted by Gasteiger charge is 2.26. The second-order valence-corrected chi connectivity index (χ2v) is 4.45. The van der Waals surface area contributed by atoms with Crippen LogP contribution >= 0.6 is 0 Å². The number of rotatable bonds is 4. The fraction of sp³-hybridized carbons (Fsp3) is 0.429. The Hall–Kier alpha value is -3.04. The first-order valence-corrected chi connectivity index (χ1v) is 6.59. The van der Waals surface area contributed by atoms with Crippen LogP contribution in [0.2, 0.25) is 0 Å². The molecule has 0 aromatic heterocycles. The van der Waals surface area contributed by atoms with Crippen molar-refractivity contribution in [3.63, 3.8) is 0 Å². The fourth-order valence-corrected chi connectivity index (χ4v) is 1.25. The van der Waals surface area contributed by atoms with Crippen molar-refractivity contribution in [2.45, 2.75) is 25.6 Å². The van der Waals surface area contributed by atoms with E-state index in [1.54, 1.807) is 6.92 Å². The van der Waals surface area contributed by atoms with Crippen LogP contribution in [0, 0.1) is 0 Å². The molecule has 0 spiro atoms. The number of hydrogen-bond acceptors (Lipinski definition) is 8. The van der Waals surface area contributed by atoms with Gasteiger partial charge >= 0.3 is 24.2 Å². The van der Waals surface area contributed by atoms with Crippen molar-refractivity contribution in [1.82, 2.24) is 0 Å². The number of cyclic esters (lactones) is 4. The lowest BCUT2D eigenvalue weighted by Crippen LogP contribution is -2.13. The van der Waals surface area contributed by atoms with Crippen molar-refractivity contribution >= 4 is 24.2 Å². The Bertz CT molecular complexity index is 510. The summed E-state index contributed by atoms with van der Waals surface area (Å²) in [6.45, 7) is 8.54. The molecule has 2 atom stereocenters. The Morgan fingerprint density at radius 1 is 1.17 bits per heavy atom. The molecule has 2 saturated heterocycles. The number of carboxylic acids is 2. The number of ether oxygens (including phenoxy) is 4. The molecule has 0 saturated carbocycles. The van der Waals surface area contributed by atoms with E-state index < -0.39 is 30.4 Å². The van der Waals surface area contributed by atoms with E-state index >= 15 is 0 Å². The van der Waals surface area contributed by atoms with Gasteiger partial charge in [-0.1, -0.05) is 13.2 Å². The topological polar surface area (TPSA) is 146 Å².